The molecule has 0 amide bonds. The van der Waals surface area contributed by atoms with Gasteiger partial charge < -0.3 is 25.0 Å². The highest BCUT2D eigenvalue weighted by molar-refractivity contribution is 7.49. The molecule has 1 aromatic carbocycles. The zero-order chi connectivity index (χ0) is 43.8. The summed E-state index contributed by atoms with van der Waals surface area (Å²) >= 11 is 0. The van der Waals surface area contributed by atoms with Crippen LogP contribution in [0.1, 0.15) is 119 Å². The van der Waals surface area contributed by atoms with Crippen LogP contribution in [0.25, 0.3) is 0 Å². The van der Waals surface area contributed by atoms with E-state index in [-0.39, 0.29) is 65.9 Å². The van der Waals surface area contributed by atoms with E-state index < -0.39 is 55.0 Å². The van der Waals surface area contributed by atoms with Crippen molar-refractivity contribution in [2.24, 2.45) is 0 Å². The molecular formula is C39H76NO16P3. The van der Waals surface area contributed by atoms with Gasteiger partial charge in [-0.3, -0.25) is 40.7 Å². The Morgan fingerprint density at radius 2 is 0.729 bits per heavy atom. The van der Waals surface area contributed by atoms with Gasteiger partial charge in [-0.15, -0.1) is 0 Å². The maximum atomic E-state index is 13.3. The molecule has 3 N–H and O–H groups in total. The molecule has 0 heterocycles. The number of phosphoric ester groups is 3. The highest BCUT2D eigenvalue weighted by Crippen LogP contribution is 2.51. The number of aliphatic hydroxyl groups is 3. The van der Waals surface area contributed by atoms with Gasteiger partial charge in [0.2, 0.25) is 0 Å². The summed E-state index contributed by atoms with van der Waals surface area (Å²) in [6.07, 6.45) is 5.29. The molecule has 3 unspecified atom stereocenters. The molecule has 0 aliphatic carbocycles. The molecule has 0 bridgehead atoms. The first-order valence-corrected chi connectivity index (χ1v) is 25.8. The summed E-state index contributed by atoms with van der Waals surface area (Å²) in [6, 6.07) is 6.61. The number of phosphoric acid groups is 3. The molecular weight excluding hydrogens is 831 g/mol. The fraction of sp³-hybridized carbons (Fsp3) is 0.846. The Morgan fingerprint density at radius 3 is 1.02 bits per heavy atom. The summed E-state index contributed by atoms with van der Waals surface area (Å²) in [5, 5.41) is 32.8. The van der Waals surface area contributed by atoms with Gasteiger partial charge in [0.15, 0.2) is 0 Å². The number of aliphatic hydroxyl groups excluding tert-OH is 3. The quantitative estimate of drug-likeness (QED) is 0.0413. The maximum absolute atomic E-state index is 13.3. The topological polar surface area (TPSA) is 207 Å². The third-order valence-corrected chi connectivity index (χ3v) is 12.7. The smallest absolute Gasteiger partial charge is 0.474 e. The lowest BCUT2D eigenvalue weighted by Gasteiger charge is -2.30. The van der Waals surface area contributed by atoms with E-state index in [2.05, 4.69) is 0 Å². The number of anilines is 1. The van der Waals surface area contributed by atoms with Gasteiger partial charge in [0.1, 0.15) is 18.5 Å². The Morgan fingerprint density at radius 1 is 0.441 bits per heavy atom. The first-order chi connectivity index (χ1) is 28.3. The molecule has 59 heavy (non-hydrogen) atoms. The molecule has 0 radical (unpaired) electrons. The molecule has 0 aromatic heterocycles. The molecule has 3 atom stereocenters. The van der Waals surface area contributed by atoms with Crippen LogP contribution >= 0.6 is 23.5 Å². The van der Waals surface area contributed by atoms with Crippen LogP contribution < -0.4 is 9.64 Å². The fourth-order valence-electron chi connectivity index (χ4n) is 4.68. The zero-order valence-corrected chi connectivity index (χ0v) is 39.1. The summed E-state index contributed by atoms with van der Waals surface area (Å²) in [6.45, 7) is 11.4. The van der Waals surface area contributed by atoms with E-state index in [4.69, 9.17) is 45.5 Å². The second-order valence-electron chi connectivity index (χ2n) is 14.0. The third-order valence-electron chi connectivity index (χ3n) is 8.27. The third kappa shape index (κ3) is 27.0. The van der Waals surface area contributed by atoms with E-state index in [9.17, 15) is 29.0 Å². The number of hydrogen-bond acceptors (Lipinski definition) is 17. The van der Waals surface area contributed by atoms with Crippen molar-refractivity contribution in [3.05, 3.63) is 24.3 Å². The van der Waals surface area contributed by atoms with Crippen molar-refractivity contribution in [3.8, 4) is 5.75 Å². The van der Waals surface area contributed by atoms with Crippen molar-refractivity contribution in [2.45, 2.75) is 137 Å². The van der Waals surface area contributed by atoms with Crippen LogP contribution in [-0.4, -0.2) is 113 Å². The fourth-order valence-corrected chi connectivity index (χ4v) is 8.54. The van der Waals surface area contributed by atoms with Crippen LogP contribution in [-0.2, 0) is 54.4 Å². The van der Waals surface area contributed by atoms with Gasteiger partial charge in [-0.1, -0.05) is 80.1 Å². The SMILES string of the molecule is CCCCOP(=O)(OCCCC)OCC(O)COc1ccc(N(CC(O)COP(=O)(OCCCC)OCCCC)CC(O)COP(=O)(OCCCC)OCCCC)cc1. The van der Waals surface area contributed by atoms with Crippen LogP contribution in [0.4, 0.5) is 5.69 Å². The molecule has 0 saturated heterocycles. The number of ether oxygens (including phenoxy) is 1. The molecule has 0 spiro atoms. The number of rotatable bonds is 41. The minimum absolute atomic E-state index is 0.102. The molecule has 0 saturated carbocycles. The first-order valence-electron chi connectivity index (χ1n) is 21.4. The summed E-state index contributed by atoms with van der Waals surface area (Å²) in [5.41, 5.74) is 0.539. The number of benzene rings is 1. The average Bonchev–Trinajstić information content (AvgIpc) is 3.21. The summed E-state index contributed by atoms with van der Waals surface area (Å²) in [4.78, 5) is 1.64. The summed E-state index contributed by atoms with van der Waals surface area (Å²) < 4.78 is 94.9. The van der Waals surface area contributed by atoms with Crippen LogP contribution in [0.3, 0.4) is 0 Å². The van der Waals surface area contributed by atoms with Gasteiger partial charge in [0, 0.05) is 18.8 Å². The Labute approximate surface area is 353 Å². The monoisotopic (exact) mass is 907 g/mol. The molecule has 17 nitrogen and oxygen atoms in total. The molecule has 20 heteroatoms. The average molecular weight is 908 g/mol. The number of nitrogens with zero attached hydrogens (tertiary/aromatic N) is 1. The summed E-state index contributed by atoms with van der Waals surface area (Å²) in [5.74, 6) is 0.380. The van der Waals surface area contributed by atoms with Gasteiger partial charge >= 0.3 is 23.5 Å². The van der Waals surface area contributed by atoms with Crippen LogP contribution in [0.5, 0.6) is 5.75 Å². The molecule has 0 aliphatic rings. The van der Waals surface area contributed by atoms with E-state index >= 15 is 0 Å². The predicted molar refractivity (Wildman–Crippen MR) is 228 cm³/mol. The predicted octanol–water partition coefficient (Wildman–Crippen LogP) is 9.23. The second-order valence-corrected chi connectivity index (χ2v) is 19.0. The minimum Gasteiger partial charge on any atom is -0.491 e. The van der Waals surface area contributed by atoms with Gasteiger partial charge in [-0.05, 0) is 62.8 Å². The largest absolute Gasteiger partial charge is 0.491 e. The lowest BCUT2D eigenvalue weighted by molar-refractivity contribution is 0.0347. The van der Waals surface area contributed by atoms with Crippen molar-refractivity contribution in [2.75, 3.05) is 84.1 Å². The van der Waals surface area contributed by atoms with Crippen LogP contribution in [0, 0.1) is 0 Å². The van der Waals surface area contributed by atoms with Crippen LogP contribution in [0.15, 0.2) is 24.3 Å². The normalized spacial score (nSPS) is 14.1. The summed E-state index contributed by atoms with van der Waals surface area (Å²) in [7, 11) is -11.8. The standard InChI is InChI=1S/C39H76NO16P3/c1-7-13-23-48-57(44,49-24-14-8-2)54-32-36(41)29-40(30-37(42)33-55-58(45,50-25-15-9-3)51-26-16-10-4)35-19-21-39(22-20-35)47-31-38(43)34-56-59(46,52-27-17-11-5)53-28-18-12-6/h19-22,36-38,41-43H,7-18,23-34H2,1-6H3. The Kier molecular flexibility index (Phi) is 31.9. The molecule has 1 rings (SSSR count). The van der Waals surface area contributed by atoms with Gasteiger partial charge in [0.25, 0.3) is 0 Å². The molecule has 348 valence electrons. The minimum atomic E-state index is -3.96. The Bertz CT molecular complexity index is 1220. The number of hydrogen-bond donors (Lipinski definition) is 3. The first kappa shape index (κ1) is 56.0. The van der Waals surface area contributed by atoms with Crippen molar-refractivity contribution in [3.63, 3.8) is 0 Å². The molecule has 1 aromatic rings. The van der Waals surface area contributed by atoms with E-state index in [0.717, 1.165) is 38.5 Å². The van der Waals surface area contributed by atoms with Gasteiger partial charge in [-0.2, -0.15) is 0 Å². The van der Waals surface area contributed by atoms with Gasteiger partial charge in [0.05, 0.1) is 71.7 Å². The second kappa shape index (κ2) is 33.6. The van der Waals surface area contributed by atoms with E-state index in [1.54, 1.807) is 29.2 Å². The highest BCUT2D eigenvalue weighted by atomic mass is 31.2. The van der Waals surface area contributed by atoms with Crippen molar-refractivity contribution in [1.82, 2.24) is 0 Å². The van der Waals surface area contributed by atoms with E-state index in [0.29, 0.717) is 50.0 Å². The lowest BCUT2D eigenvalue weighted by Crippen LogP contribution is -2.41. The van der Waals surface area contributed by atoms with Crippen LogP contribution in [0.2, 0.25) is 0 Å². The van der Waals surface area contributed by atoms with E-state index in [1.165, 1.54) is 0 Å². The Hall–Kier alpha value is -0.970. The lowest BCUT2D eigenvalue weighted by atomic mass is 10.2. The maximum Gasteiger partial charge on any atom is 0.474 e. The van der Waals surface area contributed by atoms with Crippen molar-refractivity contribution in [1.29, 1.82) is 0 Å². The molecule has 0 fully saturated rings. The van der Waals surface area contributed by atoms with E-state index in [1.807, 2.05) is 41.5 Å². The molecule has 0 aliphatic heterocycles. The van der Waals surface area contributed by atoms with Gasteiger partial charge in [-0.25, -0.2) is 13.7 Å². The Balaban J connectivity index is 3.10. The highest BCUT2D eigenvalue weighted by Gasteiger charge is 2.31. The van der Waals surface area contributed by atoms with Crippen molar-refractivity contribution < 1.29 is 74.5 Å². The zero-order valence-electron chi connectivity index (χ0n) is 36.4. The number of unbranched alkanes of at least 4 members (excludes halogenated alkanes) is 6. The van der Waals surface area contributed by atoms with Crippen molar-refractivity contribution >= 4 is 29.2 Å².